The lowest BCUT2D eigenvalue weighted by molar-refractivity contribution is -0.144. The van der Waals surface area contributed by atoms with Crippen LogP contribution in [0.3, 0.4) is 0 Å². The van der Waals surface area contributed by atoms with Crippen LogP contribution < -0.4 is 5.73 Å². The molecule has 1 amide bonds. The van der Waals surface area contributed by atoms with E-state index >= 15 is 0 Å². The van der Waals surface area contributed by atoms with Crippen LogP contribution in [0.1, 0.15) is 11.7 Å². The Morgan fingerprint density at radius 3 is 2.61 bits per heavy atom. The second-order valence-corrected chi connectivity index (χ2v) is 5.64. The summed E-state index contributed by atoms with van der Waals surface area (Å²) in [6.45, 7) is 4.14. The van der Waals surface area contributed by atoms with Crippen LogP contribution in [0.4, 0.5) is 0 Å². The molecule has 18 heavy (non-hydrogen) atoms. The molecule has 3 heterocycles. The van der Waals surface area contributed by atoms with Crippen LogP contribution in [0.5, 0.6) is 0 Å². The summed E-state index contributed by atoms with van der Waals surface area (Å²) in [5.41, 5.74) is 6.68. The van der Waals surface area contributed by atoms with E-state index < -0.39 is 0 Å². The highest BCUT2D eigenvalue weighted by atomic mass is 16.1. The highest BCUT2D eigenvalue weighted by Gasteiger charge is 2.53. The summed E-state index contributed by atoms with van der Waals surface area (Å²) in [4.78, 5) is 20.3. The first-order valence-electron chi connectivity index (χ1n) is 6.23. The van der Waals surface area contributed by atoms with Gasteiger partial charge in [-0.15, -0.1) is 0 Å². The number of likely N-dealkylation sites (tertiary alicyclic amines) is 2. The van der Waals surface area contributed by atoms with Gasteiger partial charge in [-0.3, -0.25) is 14.7 Å². The summed E-state index contributed by atoms with van der Waals surface area (Å²) in [7, 11) is 2.12. The molecular weight excluding hydrogens is 228 g/mol. The Morgan fingerprint density at radius 1 is 1.39 bits per heavy atom. The first kappa shape index (κ1) is 11.6. The van der Waals surface area contributed by atoms with Crippen molar-refractivity contribution in [1.29, 1.82) is 0 Å². The lowest BCUT2D eigenvalue weighted by Crippen LogP contribution is -2.72. The highest BCUT2D eigenvalue weighted by Crippen LogP contribution is 2.42. The summed E-state index contributed by atoms with van der Waals surface area (Å²) in [5.74, 6) is -0.309. The average Bonchev–Trinajstić information content (AvgIpc) is 2.25. The summed E-state index contributed by atoms with van der Waals surface area (Å²) < 4.78 is 0. The lowest BCUT2D eigenvalue weighted by atomic mass is 9.72. The predicted molar refractivity (Wildman–Crippen MR) is 67.7 cm³/mol. The van der Waals surface area contributed by atoms with E-state index in [-0.39, 0.29) is 11.9 Å². The third-order valence-corrected chi connectivity index (χ3v) is 3.89. The SMILES string of the molecule is CN1CC2(C1)CN(C(C(N)=O)c1ccccn1)C2. The molecule has 5 nitrogen and oxygen atoms in total. The van der Waals surface area contributed by atoms with Gasteiger partial charge in [0.25, 0.3) is 0 Å². The van der Waals surface area contributed by atoms with E-state index in [0.717, 1.165) is 31.9 Å². The smallest absolute Gasteiger partial charge is 0.241 e. The van der Waals surface area contributed by atoms with E-state index in [0.29, 0.717) is 5.41 Å². The number of carbonyl (C=O) groups is 1. The minimum atomic E-state index is -0.372. The molecular formula is C13H18N4O. The van der Waals surface area contributed by atoms with Crippen molar-refractivity contribution in [2.24, 2.45) is 11.1 Å². The number of rotatable bonds is 3. The van der Waals surface area contributed by atoms with Crippen molar-refractivity contribution in [3.8, 4) is 0 Å². The molecule has 0 bridgehead atoms. The van der Waals surface area contributed by atoms with Crippen LogP contribution in [-0.4, -0.2) is 53.9 Å². The standard InChI is InChI=1S/C13H18N4O/c1-16-6-13(7-16)8-17(9-13)11(12(14)18)10-4-2-3-5-15-10/h2-5,11H,6-9H2,1H3,(H2,14,18). The first-order chi connectivity index (χ1) is 8.60. The molecule has 1 unspecified atom stereocenters. The summed E-state index contributed by atoms with van der Waals surface area (Å²) in [6.07, 6.45) is 1.71. The highest BCUT2D eigenvalue weighted by molar-refractivity contribution is 5.81. The normalized spacial score (nSPS) is 24.3. The van der Waals surface area contributed by atoms with Gasteiger partial charge in [0.15, 0.2) is 0 Å². The molecule has 5 heteroatoms. The van der Waals surface area contributed by atoms with Gasteiger partial charge in [-0.2, -0.15) is 0 Å². The summed E-state index contributed by atoms with van der Waals surface area (Å²) in [6, 6.07) is 5.24. The van der Waals surface area contributed by atoms with E-state index in [1.54, 1.807) is 6.20 Å². The minimum absolute atomic E-state index is 0.309. The van der Waals surface area contributed by atoms with Crippen molar-refractivity contribution in [2.45, 2.75) is 6.04 Å². The van der Waals surface area contributed by atoms with Crippen molar-refractivity contribution in [2.75, 3.05) is 33.2 Å². The Morgan fingerprint density at radius 2 is 2.11 bits per heavy atom. The number of aromatic nitrogens is 1. The molecule has 2 fully saturated rings. The van der Waals surface area contributed by atoms with E-state index in [2.05, 4.69) is 21.8 Å². The third kappa shape index (κ3) is 1.79. The fraction of sp³-hybridized carbons (Fsp3) is 0.538. The van der Waals surface area contributed by atoms with Crippen LogP contribution in [0, 0.1) is 5.41 Å². The number of hydrogen-bond donors (Lipinski definition) is 1. The van der Waals surface area contributed by atoms with Crippen LogP contribution >= 0.6 is 0 Å². The fourth-order valence-corrected chi connectivity index (χ4v) is 3.35. The average molecular weight is 246 g/mol. The Labute approximate surface area is 107 Å². The maximum Gasteiger partial charge on any atom is 0.241 e. The van der Waals surface area contributed by atoms with Crippen molar-refractivity contribution < 1.29 is 4.79 Å². The number of nitrogens with zero attached hydrogens (tertiary/aromatic N) is 3. The summed E-state index contributed by atoms with van der Waals surface area (Å²) in [5, 5.41) is 0. The molecule has 3 rings (SSSR count). The van der Waals surface area contributed by atoms with Gasteiger partial charge in [-0.05, 0) is 19.2 Å². The van der Waals surface area contributed by atoms with E-state index in [1.165, 1.54) is 0 Å². The number of carbonyl (C=O) groups excluding carboxylic acids is 1. The Kier molecular flexibility index (Phi) is 2.60. The van der Waals surface area contributed by atoms with Gasteiger partial charge in [-0.25, -0.2) is 0 Å². The second-order valence-electron chi connectivity index (χ2n) is 5.64. The maximum absolute atomic E-state index is 11.6. The molecule has 96 valence electrons. The van der Waals surface area contributed by atoms with Crippen LogP contribution in [0.25, 0.3) is 0 Å². The maximum atomic E-state index is 11.6. The molecule has 2 aliphatic rings. The molecule has 0 aromatic carbocycles. The Balaban J connectivity index is 1.72. The van der Waals surface area contributed by atoms with Gasteiger partial charge < -0.3 is 10.6 Å². The molecule has 0 saturated carbocycles. The molecule has 1 atom stereocenters. The zero-order valence-corrected chi connectivity index (χ0v) is 10.5. The number of pyridine rings is 1. The van der Waals surface area contributed by atoms with Gasteiger partial charge in [0, 0.05) is 37.8 Å². The minimum Gasteiger partial charge on any atom is -0.368 e. The van der Waals surface area contributed by atoms with Gasteiger partial charge in [0.05, 0.1) is 5.69 Å². The largest absolute Gasteiger partial charge is 0.368 e. The Hall–Kier alpha value is -1.46. The first-order valence-corrected chi connectivity index (χ1v) is 6.23. The van der Waals surface area contributed by atoms with E-state index in [4.69, 9.17) is 5.73 Å². The van der Waals surface area contributed by atoms with Crippen molar-refractivity contribution in [3.63, 3.8) is 0 Å². The number of hydrogen-bond acceptors (Lipinski definition) is 4. The zero-order valence-electron chi connectivity index (χ0n) is 10.5. The van der Waals surface area contributed by atoms with Crippen molar-refractivity contribution >= 4 is 5.91 Å². The summed E-state index contributed by atoms with van der Waals surface area (Å²) >= 11 is 0. The van der Waals surface area contributed by atoms with E-state index in [1.807, 2.05) is 18.2 Å². The van der Waals surface area contributed by atoms with E-state index in [9.17, 15) is 4.79 Å². The van der Waals surface area contributed by atoms with Crippen LogP contribution in [0.15, 0.2) is 24.4 Å². The zero-order chi connectivity index (χ0) is 12.8. The fourth-order valence-electron chi connectivity index (χ4n) is 3.35. The monoisotopic (exact) mass is 246 g/mol. The van der Waals surface area contributed by atoms with Gasteiger partial charge in [-0.1, -0.05) is 6.07 Å². The molecule has 0 radical (unpaired) electrons. The number of nitrogens with two attached hydrogens (primary N) is 1. The molecule has 0 aliphatic carbocycles. The van der Waals surface area contributed by atoms with Crippen LogP contribution in [0.2, 0.25) is 0 Å². The van der Waals surface area contributed by atoms with Gasteiger partial charge in [0.1, 0.15) is 6.04 Å². The molecule has 1 spiro atoms. The molecule has 1 aromatic heterocycles. The molecule has 2 saturated heterocycles. The topological polar surface area (TPSA) is 62.5 Å². The van der Waals surface area contributed by atoms with Gasteiger partial charge >= 0.3 is 0 Å². The van der Waals surface area contributed by atoms with Crippen molar-refractivity contribution in [1.82, 2.24) is 14.8 Å². The van der Waals surface area contributed by atoms with Crippen LogP contribution in [-0.2, 0) is 4.79 Å². The number of primary amides is 1. The second kappa shape index (κ2) is 4.03. The van der Waals surface area contributed by atoms with Crippen molar-refractivity contribution in [3.05, 3.63) is 30.1 Å². The predicted octanol–water partition coefficient (Wildman–Crippen LogP) is -0.145. The third-order valence-electron chi connectivity index (χ3n) is 3.89. The molecule has 2 N–H and O–H groups in total. The molecule has 2 aliphatic heterocycles. The van der Waals surface area contributed by atoms with Gasteiger partial charge in [0.2, 0.25) is 5.91 Å². The molecule has 1 aromatic rings. The quantitative estimate of drug-likeness (QED) is 0.806. The number of amides is 1. The Bertz CT molecular complexity index is 447. The lowest BCUT2D eigenvalue weighted by Gasteiger charge is -2.60.